The number of hydrogen-bond acceptors (Lipinski definition) is 7. The summed E-state index contributed by atoms with van der Waals surface area (Å²) in [6, 6.07) is 0. The van der Waals surface area contributed by atoms with Crippen molar-refractivity contribution in [1.29, 1.82) is 0 Å². The van der Waals surface area contributed by atoms with Crippen molar-refractivity contribution in [3.05, 3.63) is 11.5 Å². The molecular formula is C15H24O7. The van der Waals surface area contributed by atoms with Gasteiger partial charge in [-0.1, -0.05) is 13.3 Å². The van der Waals surface area contributed by atoms with Crippen molar-refractivity contribution in [3.63, 3.8) is 0 Å². The molecule has 2 atom stereocenters. The van der Waals surface area contributed by atoms with E-state index in [4.69, 9.17) is 19.3 Å². The summed E-state index contributed by atoms with van der Waals surface area (Å²) < 4.78 is 15.5. The van der Waals surface area contributed by atoms with Crippen molar-refractivity contribution >= 4 is 11.9 Å². The molecule has 0 saturated carbocycles. The zero-order valence-electron chi connectivity index (χ0n) is 13.4. The van der Waals surface area contributed by atoms with E-state index < -0.39 is 36.2 Å². The van der Waals surface area contributed by atoms with Crippen LogP contribution in [0, 0.1) is 5.41 Å². The standard InChI is InChI=1S/C15H24O7/c1-5-6-7-20-11-10(9(17)8-16)21-13(18)12(11)22-14(19)15(2,3)4/h9-10,16-17H,5-8H2,1-4H3/t9-,10+/m0/s1. The summed E-state index contributed by atoms with van der Waals surface area (Å²) >= 11 is 0. The normalized spacial score (nSPS) is 19.9. The fraction of sp³-hybridized carbons (Fsp3) is 0.733. The molecule has 7 nitrogen and oxygen atoms in total. The average molecular weight is 316 g/mol. The van der Waals surface area contributed by atoms with Crippen LogP contribution in [0.25, 0.3) is 0 Å². The summed E-state index contributed by atoms with van der Waals surface area (Å²) in [6.45, 7) is 6.58. The Hall–Kier alpha value is -1.60. The first-order valence-electron chi connectivity index (χ1n) is 7.31. The monoisotopic (exact) mass is 316 g/mol. The molecule has 0 unspecified atom stereocenters. The molecule has 0 bridgehead atoms. The van der Waals surface area contributed by atoms with E-state index in [9.17, 15) is 14.7 Å². The topological polar surface area (TPSA) is 102 Å². The van der Waals surface area contributed by atoms with Gasteiger partial charge >= 0.3 is 11.9 Å². The van der Waals surface area contributed by atoms with E-state index in [2.05, 4.69) is 0 Å². The summed E-state index contributed by atoms with van der Waals surface area (Å²) in [6.07, 6.45) is -0.921. The molecule has 1 heterocycles. The van der Waals surface area contributed by atoms with E-state index in [0.717, 1.165) is 12.8 Å². The summed E-state index contributed by atoms with van der Waals surface area (Å²) in [5, 5.41) is 18.8. The molecule has 0 aromatic rings. The number of carbonyl (C=O) groups excluding carboxylic acids is 2. The lowest BCUT2D eigenvalue weighted by atomic mass is 9.97. The zero-order valence-corrected chi connectivity index (χ0v) is 13.4. The molecule has 0 amide bonds. The van der Waals surface area contributed by atoms with Crippen molar-refractivity contribution in [2.45, 2.75) is 52.7 Å². The Kier molecular flexibility index (Phi) is 6.37. The number of esters is 2. The van der Waals surface area contributed by atoms with Gasteiger partial charge in [0.05, 0.1) is 18.6 Å². The third-order valence-electron chi connectivity index (χ3n) is 3.00. The van der Waals surface area contributed by atoms with Gasteiger partial charge in [0.2, 0.25) is 0 Å². The van der Waals surface area contributed by atoms with E-state index in [0.29, 0.717) is 0 Å². The maximum Gasteiger partial charge on any atom is 0.378 e. The van der Waals surface area contributed by atoms with Gasteiger partial charge in [0.1, 0.15) is 6.10 Å². The van der Waals surface area contributed by atoms with Crippen LogP contribution < -0.4 is 0 Å². The third kappa shape index (κ3) is 4.45. The quantitative estimate of drug-likeness (QED) is 0.531. The van der Waals surface area contributed by atoms with E-state index in [1.165, 1.54) is 0 Å². The molecule has 126 valence electrons. The summed E-state index contributed by atoms with van der Waals surface area (Å²) in [7, 11) is 0. The molecule has 0 fully saturated rings. The van der Waals surface area contributed by atoms with Gasteiger partial charge in [-0.05, 0) is 27.2 Å². The molecule has 0 radical (unpaired) electrons. The summed E-state index contributed by atoms with van der Waals surface area (Å²) in [5.74, 6) is -1.90. The lowest BCUT2D eigenvalue weighted by Crippen LogP contribution is -2.32. The van der Waals surface area contributed by atoms with Crippen LogP contribution >= 0.6 is 0 Å². The van der Waals surface area contributed by atoms with Crippen LogP contribution in [-0.2, 0) is 23.8 Å². The second-order valence-corrected chi connectivity index (χ2v) is 6.11. The van der Waals surface area contributed by atoms with Gasteiger partial charge in [-0.2, -0.15) is 0 Å². The second kappa shape index (κ2) is 7.60. The highest BCUT2D eigenvalue weighted by atomic mass is 16.6. The Morgan fingerprint density at radius 1 is 1.41 bits per heavy atom. The minimum Gasteiger partial charge on any atom is -0.490 e. The van der Waals surface area contributed by atoms with Gasteiger partial charge in [0, 0.05) is 0 Å². The minimum atomic E-state index is -1.34. The van der Waals surface area contributed by atoms with Crippen LogP contribution in [0.3, 0.4) is 0 Å². The Bertz CT molecular complexity index is 447. The molecule has 7 heteroatoms. The third-order valence-corrected chi connectivity index (χ3v) is 3.00. The van der Waals surface area contributed by atoms with Crippen molar-refractivity contribution in [2.75, 3.05) is 13.2 Å². The number of ether oxygens (including phenoxy) is 3. The molecule has 0 aromatic heterocycles. The molecule has 1 rings (SSSR count). The van der Waals surface area contributed by atoms with Crippen molar-refractivity contribution in [2.24, 2.45) is 5.41 Å². The highest BCUT2D eigenvalue weighted by Crippen LogP contribution is 2.29. The number of aliphatic hydroxyl groups excluding tert-OH is 2. The summed E-state index contributed by atoms with van der Waals surface area (Å²) in [4.78, 5) is 23.8. The molecule has 0 aliphatic carbocycles. The molecule has 0 saturated heterocycles. The van der Waals surface area contributed by atoms with Crippen molar-refractivity contribution in [1.82, 2.24) is 0 Å². The summed E-state index contributed by atoms with van der Waals surface area (Å²) in [5.41, 5.74) is -0.810. The van der Waals surface area contributed by atoms with Gasteiger partial charge < -0.3 is 24.4 Å². The minimum absolute atomic E-state index is 0.0439. The van der Waals surface area contributed by atoms with E-state index in [1.54, 1.807) is 20.8 Å². The van der Waals surface area contributed by atoms with Crippen LogP contribution in [0.2, 0.25) is 0 Å². The van der Waals surface area contributed by atoms with Gasteiger partial charge in [0.25, 0.3) is 5.76 Å². The number of rotatable bonds is 7. The number of unbranched alkanes of at least 4 members (excludes halogenated alkanes) is 1. The number of hydrogen-bond donors (Lipinski definition) is 2. The van der Waals surface area contributed by atoms with Crippen LogP contribution in [0.15, 0.2) is 11.5 Å². The van der Waals surface area contributed by atoms with Gasteiger partial charge in [0.15, 0.2) is 11.9 Å². The van der Waals surface area contributed by atoms with Crippen LogP contribution in [0.4, 0.5) is 0 Å². The van der Waals surface area contributed by atoms with Crippen molar-refractivity contribution < 1.29 is 34.0 Å². The first kappa shape index (κ1) is 18.4. The number of cyclic esters (lactones) is 1. The Labute approximate surface area is 129 Å². The van der Waals surface area contributed by atoms with Crippen LogP contribution in [0.5, 0.6) is 0 Å². The zero-order chi connectivity index (χ0) is 16.9. The molecule has 1 aliphatic heterocycles. The Morgan fingerprint density at radius 2 is 2.05 bits per heavy atom. The van der Waals surface area contributed by atoms with Gasteiger partial charge in [-0.3, -0.25) is 4.79 Å². The van der Waals surface area contributed by atoms with Crippen LogP contribution in [0.1, 0.15) is 40.5 Å². The highest BCUT2D eigenvalue weighted by Gasteiger charge is 2.43. The Morgan fingerprint density at radius 3 is 2.55 bits per heavy atom. The average Bonchev–Trinajstić information content (AvgIpc) is 2.74. The van der Waals surface area contributed by atoms with Crippen LogP contribution in [-0.4, -0.2) is 47.6 Å². The molecule has 0 aromatic carbocycles. The number of carbonyl (C=O) groups is 2. The molecule has 22 heavy (non-hydrogen) atoms. The molecule has 1 aliphatic rings. The maximum atomic E-state index is 12.0. The SMILES string of the molecule is CCCCOC1=C(OC(=O)C(C)(C)C)C(=O)O[C@@H]1[C@@H](O)CO. The predicted molar refractivity (Wildman–Crippen MR) is 76.4 cm³/mol. The van der Waals surface area contributed by atoms with Crippen molar-refractivity contribution in [3.8, 4) is 0 Å². The fourth-order valence-electron chi connectivity index (χ4n) is 1.61. The highest BCUT2D eigenvalue weighted by molar-refractivity contribution is 5.93. The first-order valence-corrected chi connectivity index (χ1v) is 7.31. The molecule has 2 N–H and O–H groups in total. The van der Waals surface area contributed by atoms with E-state index >= 15 is 0 Å². The lowest BCUT2D eigenvalue weighted by Gasteiger charge is -2.19. The lowest BCUT2D eigenvalue weighted by molar-refractivity contribution is -0.157. The van der Waals surface area contributed by atoms with E-state index in [-0.39, 0.29) is 18.1 Å². The maximum absolute atomic E-state index is 12.0. The van der Waals surface area contributed by atoms with Gasteiger partial charge in [-0.25, -0.2) is 4.79 Å². The number of aliphatic hydroxyl groups is 2. The predicted octanol–water partition coefficient (Wildman–Crippen LogP) is 0.883. The van der Waals surface area contributed by atoms with Gasteiger partial charge in [-0.15, -0.1) is 0 Å². The molecule has 0 spiro atoms. The Balaban J connectivity index is 3.02. The smallest absolute Gasteiger partial charge is 0.378 e. The molecular weight excluding hydrogens is 292 g/mol. The first-order chi connectivity index (χ1) is 10.2. The largest absolute Gasteiger partial charge is 0.490 e. The van der Waals surface area contributed by atoms with E-state index in [1.807, 2.05) is 6.92 Å². The second-order valence-electron chi connectivity index (χ2n) is 6.11. The fourth-order valence-corrected chi connectivity index (χ4v) is 1.61.